The van der Waals surface area contributed by atoms with Crippen LogP contribution >= 0.6 is 0 Å². The first-order valence-corrected chi connectivity index (χ1v) is 12.7. The maximum atomic E-state index is 14.0. The molecule has 1 spiro atoms. The van der Waals surface area contributed by atoms with Gasteiger partial charge in [0.15, 0.2) is 6.29 Å². The Kier molecular flexibility index (Phi) is 5.48. The number of phenols is 3. The number of hydrogen-bond acceptors (Lipinski definition) is 7. The lowest BCUT2D eigenvalue weighted by Crippen LogP contribution is -2.44. The topological polar surface area (TPSA) is 120 Å². The summed E-state index contributed by atoms with van der Waals surface area (Å²) in [6.45, 7) is 5.97. The molecule has 2 aliphatic heterocycles. The molecule has 0 saturated carbocycles. The van der Waals surface area contributed by atoms with Gasteiger partial charge >= 0.3 is 0 Å². The quantitative estimate of drug-likeness (QED) is 0.226. The fraction of sp³-hybridized carbons (Fsp3) is 0.156. The summed E-state index contributed by atoms with van der Waals surface area (Å²) >= 11 is 0. The molecule has 6 rings (SSSR count). The molecule has 0 saturated heterocycles. The Hall–Kier alpha value is -5.11. The van der Waals surface area contributed by atoms with Gasteiger partial charge in [-0.1, -0.05) is 39.0 Å². The van der Waals surface area contributed by atoms with Crippen LogP contribution in [0.1, 0.15) is 69.3 Å². The Morgan fingerprint density at radius 3 is 2.02 bits per heavy atom. The van der Waals surface area contributed by atoms with Crippen LogP contribution in [0.2, 0.25) is 0 Å². The van der Waals surface area contributed by atoms with E-state index in [1.807, 2.05) is 32.9 Å². The summed E-state index contributed by atoms with van der Waals surface area (Å²) in [5.41, 5.74) is 1.73. The monoisotopic (exact) mass is 534 g/mol. The van der Waals surface area contributed by atoms with E-state index in [1.54, 1.807) is 36.4 Å². The lowest BCUT2D eigenvalue weighted by Gasteiger charge is -2.41. The van der Waals surface area contributed by atoms with Crippen LogP contribution in [0.3, 0.4) is 0 Å². The summed E-state index contributed by atoms with van der Waals surface area (Å²) in [7, 11) is 0. The van der Waals surface area contributed by atoms with Gasteiger partial charge in [-0.2, -0.15) is 5.10 Å². The first-order valence-electron chi connectivity index (χ1n) is 12.7. The molecule has 0 unspecified atom stereocenters. The van der Waals surface area contributed by atoms with E-state index in [-0.39, 0.29) is 33.8 Å². The molecule has 200 valence electrons. The van der Waals surface area contributed by atoms with Crippen molar-refractivity contribution in [3.63, 3.8) is 0 Å². The number of fused-ring (bicyclic) bond motifs is 6. The van der Waals surface area contributed by atoms with Crippen molar-refractivity contribution in [2.75, 3.05) is 0 Å². The van der Waals surface area contributed by atoms with Gasteiger partial charge in [-0.25, -0.2) is 5.01 Å². The predicted molar refractivity (Wildman–Crippen MR) is 149 cm³/mol. The van der Waals surface area contributed by atoms with Gasteiger partial charge in [-0.3, -0.25) is 9.59 Å². The Morgan fingerprint density at radius 2 is 1.43 bits per heavy atom. The molecule has 0 atom stereocenters. The van der Waals surface area contributed by atoms with Gasteiger partial charge in [0.05, 0.1) is 11.8 Å². The number of aromatic hydroxyl groups is 3. The first-order chi connectivity index (χ1) is 19.0. The predicted octanol–water partition coefficient (Wildman–Crippen LogP) is 5.80. The van der Waals surface area contributed by atoms with Gasteiger partial charge in [-0.15, -0.1) is 0 Å². The fourth-order valence-electron chi connectivity index (χ4n) is 5.50. The molecule has 0 aromatic heterocycles. The third-order valence-electron chi connectivity index (χ3n) is 7.46. The van der Waals surface area contributed by atoms with Crippen LogP contribution in [0.5, 0.6) is 28.7 Å². The van der Waals surface area contributed by atoms with Gasteiger partial charge in [0.2, 0.25) is 0 Å². The number of rotatable bonds is 3. The second-order valence-corrected chi connectivity index (χ2v) is 11.0. The molecular weight excluding hydrogens is 508 g/mol. The molecule has 3 N–H and O–H groups in total. The molecular formula is C32H26N2O6. The molecule has 0 radical (unpaired) electrons. The Morgan fingerprint density at radius 1 is 0.825 bits per heavy atom. The normalized spacial score (nSPS) is 15.1. The number of hydrogen-bond donors (Lipinski definition) is 3. The second-order valence-electron chi connectivity index (χ2n) is 11.0. The van der Waals surface area contributed by atoms with Gasteiger partial charge in [-0.05, 0) is 53.4 Å². The number of ether oxygens (including phenoxy) is 1. The van der Waals surface area contributed by atoms with Crippen molar-refractivity contribution in [1.29, 1.82) is 0 Å². The van der Waals surface area contributed by atoms with Crippen molar-refractivity contribution in [2.24, 2.45) is 5.10 Å². The zero-order valence-corrected chi connectivity index (χ0v) is 22.0. The molecule has 2 aliphatic rings. The lowest BCUT2D eigenvalue weighted by molar-refractivity contribution is 0.0675. The number of benzene rings is 4. The minimum absolute atomic E-state index is 0.0320. The van der Waals surface area contributed by atoms with Gasteiger partial charge < -0.3 is 20.1 Å². The van der Waals surface area contributed by atoms with Crippen LogP contribution < -0.4 is 4.74 Å². The van der Waals surface area contributed by atoms with E-state index in [1.165, 1.54) is 35.5 Å². The van der Waals surface area contributed by atoms with Crippen LogP contribution in [-0.2, 0) is 11.0 Å². The van der Waals surface area contributed by atoms with E-state index in [9.17, 15) is 24.9 Å². The molecule has 0 fully saturated rings. The van der Waals surface area contributed by atoms with Crippen LogP contribution in [0.15, 0.2) is 77.9 Å². The minimum Gasteiger partial charge on any atom is -0.508 e. The summed E-state index contributed by atoms with van der Waals surface area (Å²) in [4.78, 5) is 25.8. The number of aldehydes is 1. The Bertz CT molecular complexity index is 1700. The molecule has 0 bridgehead atoms. The molecule has 0 aliphatic carbocycles. The largest absolute Gasteiger partial charge is 0.508 e. The van der Waals surface area contributed by atoms with Crippen molar-refractivity contribution >= 4 is 18.4 Å². The number of carbonyl (C=O) groups is 2. The molecule has 4 aromatic rings. The molecule has 1 amide bonds. The van der Waals surface area contributed by atoms with E-state index < -0.39 is 11.4 Å². The average Bonchev–Trinajstić information content (AvgIpc) is 3.15. The van der Waals surface area contributed by atoms with E-state index in [2.05, 4.69) is 5.10 Å². The van der Waals surface area contributed by atoms with E-state index in [0.717, 1.165) is 5.56 Å². The lowest BCUT2D eigenvalue weighted by atomic mass is 9.75. The number of carbonyl (C=O) groups excluding carboxylic acids is 2. The molecule has 4 aromatic carbocycles. The van der Waals surface area contributed by atoms with Crippen molar-refractivity contribution < 1.29 is 29.6 Å². The number of phenolic OH excluding ortho intramolecular Hbond substituents is 3. The SMILES string of the molecule is CC(C)(C)c1cc(C=O)c(O)c(C=NN2C(=O)c3ccccc3C23c2ccc(O)cc2Oc2cc(O)ccc23)c1. The highest BCUT2D eigenvalue weighted by molar-refractivity contribution is 6.03. The molecule has 40 heavy (non-hydrogen) atoms. The summed E-state index contributed by atoms with van der Waals surface area (Å²) in [5, 5.41) is 37.4. The maximum absolute atomic E-state index is 14.0. The van der Waals surface area contributed by atoms with Crippen LogP contribution in [0.4, 0.5) is 0 Å². The second kappa shape index (κ2) is 8.71. The van der Waals surface area contributed by atoms with Crippen molar-refractivity contribution in [3.8, 4) is 28.7 Å². The Labute approximate surface area is 230 Å². The van der Waals surface area contributed by atoms with E-state index in [4.69, 9.17) is 4.74 Å². The zero-order valence-electron chi connectivity index (χ0n) is 22.0. The van der Waals surface area contributed by atoms with Crippen molar-refractivity contribution in [3.05, 3.63) is 112 Å². The average molecular weight is 535 g/mol. The van der Waals surface area contributed by atoms with Crippen LogP contribution in [0, 0.1) is 0 Å². The van der Waals surface area contributed by atoms with Crippen molar-refractivity contribution in [1.82, 2.24) is 5.01 Å². The Balaban J connectivity index is 1.64. The maximum Gasteiger partial charge on any atom is 0.275 e. The smallest absolute Gasteiger partial charge is 0.275 e. The molecule has 8 heteroatoms. The van der Waals surface area contributed by atoms with E-state index >= 15 is 0 Å². The molecule has 8 nitrogen and oxygen atoms in total. The third kappa shape index (κ3) is 3.56. The summed E-state index contributed by atoms with van der Waals surface area (Å²) in [6, 6.07) is 19.8. The highest BCUT2D eigenvalue weighted by Gasteiger charge is 2.57. The van der Waals surface area contributed by atoms with Gasteiger partial charge in [0.1, 0.15) is 34.3 Å². The summed E-state index contributed by atoms with van der Waals surface area (Å²) < 4.78 is 6.10. The van der Waals surface area contributed by atoms with E-state index in [0.29, 0.717) is 40.0 Å². The van der Waals surface area contributed by atoms with Crippen molar-refractivity contribution in [2.45, 2.75) is 31.7 Å². The number of amides is 1. The molecule has 2 heterocycles. The number of hydrazone groups is 1. The van der Waals surface area contributed by atoms with Crippen LogP contribution in [-0.4, -0.2) is 38.7 Å². The third-order valence-corrected chi connectivity index (χ3v) is 7.46. The summed E-state index contributed by atoms with van der Waals surface area (Å²) in [6.07, 6.45) is 1.96. The van der Waals surface area contributed by atoms with Crippen LogP contribution in [0.25, 0.3) is 0 Å². The summed E-state index contributed by atoms with van der Waals surface area (Å²) in [5.74, 6) is -0.111. The van der Waals surface area contributed by atoms with Gasteiger partial charge in [0.25, 0.3) is 5.91 Å². The van der Waals surface area contributed by atoms with Gasteiger partial charge in [0, 0.05) is 39.9 Å². The first kappa shape index (κ1) is 25.2. The highest BCUT2D eigenvalue weighted by Crippen LogP contribution is 2.58. The minimum atomic E-state index is -1.32. The standard InChI is InChI=1S/C32H26N2O6/c1-31(2,3)20-12-18(29(38)19(13-20)17-35)16-33-34-30(39)23-6-4-5-7-24(23)32(34)25-10-8-21(36)14-27(25)40-28-15-22(37)9-11-26(28)32/h4-17,36-38H,1-3H3. The fourth-order valence-corrected chi connectivity index (χ4v) is 5.50. The highest BCUT2D eigenvalue weighted by atomic mass is 16.5. The zero-order chi connectivity index (χ0) is 28.4. The number of nitrogens with zero attached hydrogens (tertiary/aromatic N) is 2.